The number of Topliss-reactive ketones (excluding diaryl/α,β-unsaturated/α-hetero) is 1. The highest BCUT2D eigenvalue weighted by Gasteiger charge is 2.21. The predicted molar refractivity (Wildman–Crippen MR) is 115 cm³/mol. The van der Waals surface area contributed by atoms with Crippen LogP contribution in [0.15, 0.2) is 59.1 Å². The number of ketones is 1. The molecule has 2 aromatic heterocycles. The van der Waals surface area contributed by atoms with Crippen LogP contribution in [-0.2, 0) is 4.74 Å². The Kier molecular flexibility index (Phi) is 5.68. The van der Waals surface area contributed by atoms with Gasteiger partial charge in [0.1, 0.15) is 5.75 Å². The minimum Gasteiger partial charge on any atom is -0.495 e. The fourth-order valence-electron chi connectivity index (χ4n) is 3.14. The first-order valence-corrected chi connectivity index (χ1v) is 9.72. The van der Waals surface area contributed by atoms with Gasteiger partial charge in [0.25, 0.3) is 5.71 Å². The molecule has 0 spiro atoms. The van der Waals surface area contributed by atoms with Gasteiger partial charge in [0.2, 0.25) is 0 Å². The summed E-state index contributed by atoms with van der Waals surface area (Å²) in [7, 11) is 1.48. The molecule has 4 rings (SSSR count). The number of carbonyl (C=O) groups excluding carboxylic acids is 2. The van der Waals surface area contributed by atoms with Gasteiger partial charge < -0.3 is 14.0 Å². The van der Waals surface area contributed by atoms with Gasteiger partial charge in [0, 0.05) is 11.1 Å². The highest BCUT2D eigenvalue weighted by Crippen LogP contribution is 2.28. The minimum absolute atomic E-state index is 0.221. The summed E-state index contributed by atoms with van der Waals surface area (Å²) in [6, 6.07) is 15.6. The van der Waals surface area contributed by atoms with E-state index in [2.05, 4.69) is 10.1 Å². The number of aromatic nitrogens is 2. The van der Waals surface area contributed by atoms with Gasteiger partial charge in [0.05, 0.1) is 34.5 Å². The number of nitrogens with zero attached hydrogens (tertiary/aromatic N) is 2. The second-order valence-corrected chi connectivity index (χ2v) is 7.13. The molecule has 4 aromatic rings. The smallest absolute Gasteiger partial charge is 0.339 e. The fraction of sp³-hybridized carbons (Fsp3) is 0.130. The Morgan fingerprint density at radius 2 is 1.87 bits per heavy atom. The average molecular weight is 437 g/mol. The van der Waals surface area contributed by atoms with Gasteiger partial charge in [0.15, 0.2) is 12.4 Å². The molecule has 2 heterocycles. The molecule has 8 heteroatoms. The number of hydrogen-bond acceptors (Lipinski definition) is 7. The van der Waals surface area contributed by atoms with Crippen molar-refractivity contribution in [3.8, 4) is 17.0 Å². The van der Waals surface area contributed by atoms with Crippen molar-refractivity contribution in [1.82, 2.24) is 10.1 Å². The third-order valence-corrected chi connectivity index (χ3v) is 5.01. The summed E-state index contributed by atoms with van der Waals surface area (Å²) >= 11 is 6.07. The number of pyridine rings is 1. The van der Waals surface area contributed by atoms with E-state index in [1.165, 1.54) is 13.2 Å². The molecule has 0 radical (unpaired) electrons. The number of fused-ring (bicyclic) bond motifs is 1. The highest BCUT2D eigenvalue weighted by atomic mass is 35.5. The first-order chi connectivity index (χ1) is 15.0. The summed E-state index contributed by atoms with van der Waals surface area (Å²) < 4.78 is 15.7. The largest absolute Gasteiger partial charge is 0.495 e. The number of methoxy groups -OCH3 is 1. The predicted octanol–water partition coefficient (Wildman–Crippen LogP) is 4.90. The number of ether oxygens (including phenoxy) is 2. The molecule has 0 N–H and O–H groups in total. The summed E-state index contributed by atoms with van der Waals surface area (Å²) in [6.07, 6.45) is 0. The molecule has 0 fully saturated rings. The molecule has 0 amide bonds. The second kappa shape index (κ2) is 8.57. The Morgan fingerprint density at radius 3 is 2.58 bits per heavy atom. The number of aryl methyl sites for hydroxylation is 1. The molecule has 156 valence electrons. The van der Waals surface area contributed by atoms with Gasteiger partial charge in [-0.05, 0) is 31.2 Å². The van der Waals surface area contributed by atoms with E-state index in [1.807, 2.05) is 30.3 Å². The monoisotopic (exact) mass is 436 g/mol. The van der Waals surface area contributed by atoms with Gasteiger partial charge in [-0.2, -0.15) is 0 Å². The van der Waals surface area contributed by atoms with Crippen LogP contribution in [0.5, 0.6) is 5.75 Å². The summed E-state index contributed by atoms with van der Waals surface area (Å²) in [4.78, 5) is 29.8. The van der Waals surface area contributed by atoms with E-state index in [-0.39, 0.29) is 11.3 Å². The highest BCUT2D eigenvalue weighted by molar-refractivity contribution is 6.32. The molecule has 2 aromatic carbocycles. The quantitative estimate of drug-likeness (QED) is 0.313. The SMILES string of the molecule is COc1ccc(C(=O)COC(=O)c2cc(-c3ccccc3)nc3onc(C)c23)cc1Cl. The lowest BCUT2D eigenvalue weighted by molar-refractivity contribution is 0.0476. The number of benzene rings is 2. The minimum atomic E-state index is -0.677. The van der Waals surface area contributed by atoms with E-state index >= 15 is 0 Å². The molecule has 0 aliphatic rings. The van der Waals surface area contributed by atoms with E-state index in [1.54, 1.807) is 25.1 Å². The van der Waals surface area contributed by atoms with Crippen molar-refractivity contribution in [2.75, 3.05) is 13.7 Å². The first-order valence-electron chi connectivity index (χ1n) is 9.34. The van der Waals surface area contributed by atoms with Crippen LogP contribution >= 0.6 is 11.6 Å². The molecule has 0 aliphatic heterocycles. The Morgan fingerprint density at radius 1 is 1.10 bits per heavy atom. The number of carbonyl (C=O) groups is 2. The van der Waals surface area contributed by atoms with E-state index < -0.39 is 18.4 Å². The molecule has 0 saturated heterocycles. The van der Waals surface area contributed by atoms with Crippen molar-refractivity contribution in [2.45, 2.75) is 6.92 Å². The first kappa shape index (κ1) is 20.6. The van der Waals surface area contributed by atoms with E-state index in [4.69, 9.17) is 25.6 Å². The van der Waals surface area contributed by atoms with Gasteiger partial charge >= 0.3 is 5.97 Å². The van der Waals surface area contributed by atoms with Gasteiger partial charge in [-0.25, -0.2) is 9.78 Å². The maximum atomic E-state index is 12.9. The molecule has 7 nitrogen and oxygen atoms in total. The Balaban J connectivity index is 1.60. The van der Waals surface area contributed by atoms with E-state index in [9.17, 15) is 9.59 Å². The second-order valence-electron chi connectivity index (χ2n) is 6.72. The van der Waals surface area contributed by atoms with Crippen LogP contribution in [0.25, 0.3) is 22.4 Å². The van der Waals surface area contributed by atoms with E-state index in [0.29, 0.717) is 33.1 Å². The number of hydrogen-bond donors (Lipinski definition) is 0. The Bertz CT molecular complexity index is 1280. The van der Waals surface area contributed by atoms with Crippen LogP contribution in [0, 0.1) is 6.92 Å². The maximum Gasteiger partial charge on any atom is 0.339 e. The van der Waals surface area contributed by atoms with Gasteiger partial charge in [-0.3, -0.25) is 4.79 Å². The molecule has 0 bridgehead atoms. The van der Waals surface area contributed by atoms with Crippen molar-refractivity contribution >= 4 is 34.5 Å². The van der Waals surface area contributed by atoms with Gasteiger partial charge in [-0.1, -0.05) is 47.1 Å². The Labute approximate surface area is 182 Å². The third-order valence-electron chi connectivity index (χ3n) is 4.71. The van der Waals surface area contributed by atoms with Crippen LogP contribution in [0.1, 0.15) is 26.4 Å². The van der Waals surface area contributed by atoms with Crippen molar-refractivity contribution in [2.24, 2.45) is 0 Å². The number of rotatable bonds is 6. The lowest BCUT2D eigenvalue weighted by Gasteiger charge is -2.08. The molecule has 31 heavy (non-hydrogen) atoms. The van der Waals surface area contributed by atoms with Crippen molar-refractivity contribution < 1.29 is 23.6 Å². The van der Waals surface area contributed by atoms with Crippen LogP contribution in [0.2, 0.25) is 5.02 Å². The standard InChI is InChI=1S/C23H17ClN2O5/c1-13-21-16(11-18(25-22(21)31-26-13)14-6-4-3-5-7-14)23(28)30-12-19(27)15-8-9-20(29-2)17(24)10-15/h3-11H,12H2,1-2H3. The molecular formula is C23H17ClN2O5. The van der Waals surface area contributed by atoms with Crippen LogP contribution in [0.3, 0.4) is 0 Å². The number of esters is 1. The molecule has 0 unspecified atom stereocenters. The van der Waals surface area contributed by atoms with Crippen molar-refractivity contribution in [3.05, 3.63) is 76.4 Å². The molecule has 0 aliphatic carbocycles. The summed E-state index contributed by atoms with van der Waals surface area (Å²) in [5.41, 5.74) is 2.59. The average Bonchev–Trinajstić information content (AvgIpc) is 3.17. The zero-order valence-electron chi connectivity index (χ0n) is 16.7. The Hall–Kier alpha value is -3.71. The van der Waals surface area contributed by atoms with E-state index in [0.717, 1.165) is 5.56 Å². The number of halogens is 1. The van der Waals surface area contributed by atoms with Crippen LogP contribution < -0.4 is 4.74 Å². The van der Waals surface area contributed by atoms with Gasteiger partial charge in [-0.15, -0.1) is 0 Å². The zero-order chi connectivity index (χ0) is 22.0. The van der Waals surface area contributed by atoms with Crippen LogP contribution in [-0.4, -0.2) is 35.6 Å². The zero-order valence-corrected chi connectivity index (χ0v) is 17.5. The molecule has 0 atom stereocenters. The van der Waals surface area contributed by atoms with Crippen LogP contribution in [0.4, 0.5) is 0 Å². The fourth-order valence-corrected chi connectivity index (χ4v) is 3.40. The summed E-state index contributed by atoms with van der Waals surface area (Å²) in [5, 5.41) is 4.65. The molecular weight excluding hydrogens is 420 g/mol. The van der Waals surface area contributed by atoms with Crippen molar-refractivity contribution in [3.63, 3.8) is 0 Å². The maximum absolute atomic E-state index is 12.9. The normalized spacial score (nSPS) is 10.8. The lowest BCUT2D eigenvalue weighted by Crippen LogP contribution is -2.15. The topological polar surface area (TPSA) is 91.5 Å². The third kappa shape index (κ3) is 4.13. The summed E-state index contributed by atoms with van der Waals surface area (Å²) in [5.74, 6) is -0.622. The molecule has 0 saturated carbocycles. The summed E-state index contributed by atoms with van der Waals surface area (Å²) in [6.45, 7) is 1.26. The lowest BCUT2D eigenvalue weighted by atomic mass is 10.1. The van der Waals surface area contributed by atoms with Crippen molar-refractivity contribution in [1.29, 1.82) is 0 Å².